The van der Waals surface area contributed by atoms with Crippen LogP contribution in [-0.4, -0.2) is 21.8 Å². The number of rotatable bonds is 8. The summed E-state index contributed by atoms with van der Waals surface area (Å²) < 4.78 is 7.34. The Kier molecular flexibility index (Phi) is 9.23. The van der Waals surface area contributed by atoms with E-state index in [4.69, 9.17) is 0 Å². The van der Waals surface area contributed by atoms with Gasteiger partial charge < -0.3 is 13.7 Å². The summed E-state index contributed by atoms with van der Waals surface area (Å²) in [7, 11) is -2.76. The maximum absolute atomic E-state index is 2.76. The highest BCUT2D eigenvalue weighted by Gasteiger charge is 2.41. The topological polar surface area (TPSA) is 14.8 Å². The lowest BCUT2D eigenvalue weighted by Crippen LogP contribution is -2.74. The molecule has 0 N–H and O–H groups in total. The minimum atomic E-state index is -2.76. The Morgan fingerprint density at radius 3 is 1.23 bits per heavy atom. The molecule has 0 fully saturated rings. The van der Waals surface area contributed by atoms with Crippen molar-refractivity contribution in [1.82, 2.24) is 13.7 Å². The molecule has 0 saturated heterocycles. The van der Waals surface area contributed by atoms with Crippen molar-refractivity contribution >= 4 is 94.2 Å². The third-order valence-electron chi connectivity index (χ3n) is 14.8. The average Bonchev–Trinajstić information content (AvgIpc) is 4.08. The van der Waals surface area contributed by atoms with Crippen LogP contribution in [0.1, 0.15) is 0 Å². The Bertz CT molecular complexity index is 4180. The first-order valence-corrected chi connectivity index (χ1v) is 26.2. The van der Waals surface area contributed by atoms with Crippen LogP contribution in [-0.2, 0) is 0 Å². The molecule has 0 aliphatic rings. The third kappa shape index (κ3) is 6.00. The molecule has 14 aromatic rings. The van der Waals surface area contributed by atoms with Gasteiger partial charge in [0.05, 0.1) is 33.1 Å². The summed E-state index contributed by atoms with van der Waals surface area (Å²) >= 11 is 0. The Hall–Kier alpha value is -8.96. The first-order chi connectivity index (χ1) is 34.8. The summed E-state index contributed by atoms with van der Waals surface area (Å²) in [6.07, 6.45) is 0. The molecule has 0 aliphatic heterocycles. The van der Waals surface area contributed by atoms with Gasteiger partial charge in [0.1, 0.15) is 0 Å². The first kappa shape index (κ1) is 40.1. The predicted octanol–water partition coefficient (Wildman–Crippen LogP) is 14.0. The fourth-order valence-electron chi connectivity index (χ4n) is 11.9. The van der Waals surface area contributed by atoms with Gasteiger partial charge in [-0.3, -0.25) is 0 Å². The number of benzene rings is 11. The van der Waals surface area contributed by atoms with Crippen LogP contribution in [0.3, 0.4) is 0 Å². The Balaban J connectivity index is 0.946. The largest absolute Gasteiger partial charge is 0.309 e. The van der Waals surface area contributed by atoms with Gasteiger partial charge in [-0.1, -0.05) is 194 Å². The monoisotopic (exact) mass is 907 g/mol. The van der Waals surface area contributed by atoms with E-state index in [1.54, 1.807) is 0 Å². The van der Waals surface area contributed by atoms with E-state index in [9.17, 15) is 0 Å². The highest BCUT2D eigenvalue weighted by Crippen LogP contribution is 2.42. The van der Waals surface area contributed by atoms with E-state index < -0.39 is 8.07 Å². The number of hydrogen-bond donors (Lipinski definition) is 0. The fourth-order valence-corrected chi connectivity index (χ4v) is 16.6. The van der Waals surface area contributed by atoms with Gasteiger partial charge in [0.25, 0.3) is 0 Å². The van der Waals surface area contributed by atoms with Crippen LogP contribution in [0.4, 0.5) is 0 Å². The van der Waals surface area contributed by atoms with Gasteiger partial charge in [-0.25, -0.2) is 0 Å². The van der Waals surface area contributed by atoms with E-state index in [2.05, 4.69) is 287 Å². The summed E-state index contributed by atoms with van der Waals surface area (Å²) in [6, 6.07) is 101. The van der Waals surface area contributed by atoms with Crippen molar-refractivity contribution in [2.24, 2.45) is 0 Å². The van der Waals surface area contributed by atoms with Crippen LogP contribution in [0.25, 0.3) is 93.6 Å². The zero-order chi connectivity index (χ0) is 46.2. The number of para-hydroxylation sites is 4. The van der Waals surface area contributed by atoms with Crippen molar-refractivity contribution in [3.63, 3.8) is 0 Å². The minimum absolute atomic E-state index is 1.14. The van der Waals surface area contributed by atoms with Crippen LogP contribution < -0.4 is 20.7 Å². The van der Waals surface area contributed by atoms with Crippen LogP contribution in [0.15, 0.2) is 273 Å². The van der Waals surface area contributed by atoms with Gasteiger partial charge in [-0.05, 0) is 111 Å². The second-order valence-electron chi connectivity index (χ2n) is 18.4. The molecule has 70 heavy (non-hydrogen) atoms. The number of hydrogen-bond acceptors (Lipinski definition) is 0. The molecule has 0 aliphatic carbocycles. The van der Waals surface area contributed by atoms with E-state index in [0.717, 1.165) is 17.1 Å². The lowest BCUT2D eigenvalue weighted by Gasteiger charge is -2.34. The molecule has 14 rings (SSSR count). The van der Waals surface area contributed by atoms with Gasteiger partial charge in [0.2, 0.25) is 0 Å². The van der Waals surface area contributed by atoms with E-state index in [1.165, 1.54) is 97.3 Å². The summed E-state index contributed by atoms with van der Waals surface area (Å²) in [5.41, 5.74) is 13.0. The number of fused-ring (bicyclic) bond motifs is 9. The Morgan fingerprint density at radius 1 is 0.229 bits per heavy atom. The van der Waals surface area contributed by atoms with Crippen LogP contribution in [0.5, 0.6) is 0 Å². The maximum Gasteiger partial charge on any atom is 0.179 e. The van der Waals surface area contributed by atoms with Crippen molar-refractivity contribution < 1.29 is 0 Å². The van der Waals surface area contributed by atoms with E-state index in [-0.39, 0.29) is 0 Å². The minimum Gasteiger partial charge on any atom is -0.309 e. The maximum atomic E-state index is 2.48. The van der Waals surface area contributed by atoms with Crippen molar-refractivity contribution in [1.29, 1.82) is 0 Å². The molecule has 0 unspecified atom stereocenters. The summed E-state index contributed by atoms with van der Waals surface area (Å²) in [6.45, 7) is 0. The molecule has 3 heterocycles. The first-order valence-electron chi connectivity index (χ1n) is 24.2. The second-order valence-corrected chi connectivity index (χ2v) is 22.2. The quantitative estimate of drug-likeness (QED) is 0.107. The highest BCUT2D eigenvalue weighted by molar-refractivity contribution is 7.19. The molecular formula is C66H45N3Si. The molecule has 328 valence electrons. The smallest absolute Gasteiger partial charge is 0.179 e. The second kappa shape index (κ2) is 16.1. The molecule has 0 radical (unpaired) electrons. The Morgan fingerprint density at radius 2 is 0.629 bits per heavy atom. The zero-order valence-electron chi connectivity index (χ0n) is 38.3. The van der Waals surface area contributed by atoms with Gasteiger partial charge >= 0.3 is 0 Å². The van der Waals surface area contributed by atoms with Crippen molar-refractivity contribution in [3.8, 4) is 28.2 Å². The normalized spacial score (nSPS) is 12.0. The third-order valence-corrected chi connectivity index (χ3v) is 19.5. The standard InChI is InChI=1S/C66H45N3Si/c1-5-21-47(22-6-1)67-62-37-18-15-33-57(62)66-54(34-20-38-65(66)67)46-39-41-63-58(43-46)55-31-13-16-35-60(55)69(63)49-40-42-64-59(45-49)56-32-14-17-36-61(56)68(64)48-23-19-30-53(44-48)70(50-24-7-2-8-25-50,51-26-9-3-10-27-51)52-28-11-4-12-29-52/h1-45H. The summed E-state index contributed by atoms with van der Waals surface area (Å²) in [4.78, 5) is 0. The van der Waals surface area contributed by atoms with Crippen molar-refractivity contribution in [2.75, 3.05) is 0 Å². The average molecular weight is 908 g/mol. The van der Waals surface area contributed by atoms with E-state index >= 15 is 0 Å². The van der Waals surface area contributed by atoms with Crippen LogP contribution in [0, 0.1) is 0 Å². The molecule has 0 spiro atoms. The number of aromatic nitrogens is 3. The van der Waals surface area contributed by atoms with Gasteiger partial charge in [0.15, 0.2) is 8.07 Å². The van der Waals surface area contributed by atoms with Crippen molar-refractivity contribution in [2.45, 2.75) is 0 Å². The summed E-state index contributed by atoms with van der Waals surface area (Å²) in [5.74, 6) is 0. The van der Waals surface area contributed by atoms with Crippen LogP contribution >= 0.6 is 0 Å². The highest BCUT2D eigenvalue weighted by atomic mass is 28.3. The Labute approximate surface area is 407 Å². The molecule has 0 bridgehead atoms. The van der Waals surface area contributed by atoms with E-state index in [0.29, 0.717) is 0 Å². The lowest BCUT2D eigenvalue weighted by atomic mass is 9.98. The van der Waals surface area contributed by atoms with E-state index in [1.807, 2.05) is 0 Å². The van der Waals surface area contributed by atoms with Gasteiger partial charge in [-0.2, -0.15) is 0 Å². The zero-order valence-corrected chi connectivity index (χ0v) is 39.3. The molecule has 0 amide bonds. The molecule has 0 atom stereocenters. The predicted molar refractivity (Wildman–Crippen MR) is 299 cm³/mol. The number of nitrogens with zero attached hydrogens (tertiary/aromatic N) is 3. The fraction of sp³-hybridized carbons (Fsp3) is 0. The van der Waals surface area contributed by atoms with Gasteiger partial charge in [0, 0.05) is 49.4 Å². The molecule has 3 nitrogen and oxygen atoms in total. The lowest BCUT2D eigenvalue weighted by molar-refractivity contribution is 1.17. The molecular weight excluding hydrogens is 863 g/mol. The molecule has 3 aromatic heterocycles. The van der Waals surface area contributed by atoms with Crippen molar-refractivity contribution in [3.05, 3.63) is 273 Å². The molecule has 11 aromatic carbocycles. The van der Waals surface area contributed by atoms with Crippen LogP contribution in [0.2, 0.25) is 0 Å². The SMILES string of the molecule is c1ccc(-n2c3ccccc3c3c(-c4ccc5c(c4)c4ccccc4n5-c4ccc5c(c4)c4ccccc4n5-c4cccc([Si](c5ccccc5)(c5ccccc5)c5ccccc5)c4)cccc32)cc1. The molecule has 4 heteroatoms. The van der Waals surface area contributed by atoms with Gasteiger partial charge in [-0.15, -0.1) is 0 Å². The summed E-state index contributed by atoms with van der Waals surface area (Å²) in [5, 5.41) is 12.9. The molecule has 0 saturated carbocycles.